The second-order valence-corrected chi connectivity index (χ2v) is 8.51. The molecule has 7 nitrogen and oxygen atoms in total. The maximum Gasteiger partial charge on any atom is 0.266 e. The van der Waals surface area contributed by atoms with E-state index in [1.165, 1.54) is 31.2 Å². The minimum Gasteiger partial charge on any atom is -0.481 e. The summed E-state index contributed by atoms with van der Waals surface area (Å²) in [6, 6.07) is 5.25. The van der Waals surface area contributed by atoms with Crippen molar-refractivity contribution in [3.63, 3.8) is 0 Å². The zero-order chi connectivity index (χ0) is 18.4. The van der Waals surface area contributed by atoms with Crippen molar-refractivity contribution in [3.05, 3.63) is 30.1 Å². The number of hydrogen-bond donors (Lipinski definition) is 1. The lowest BCUT2D eigenvalue weighted by Gasteiger charge is -2.13. The first kappa shape index (κ1) is 19.3. The lowest BCUT2D eigenvalue weighted by atomic mass is 10.3. The Morgan fingerprint density at radius 1 is 1.32 bits per heavy atom. The van der Waals surface area contributed by atoms with Crippen molar-refractivity contribution < 1.29 is 22.3 Å². The van der Waals surface area contributed by atoms with Gasteiger partial charge in [0.25, 0.3) is 5.91 Å². The first-order valence-corrected chi connectivity index (χ1v) is 10.1. The molecule has 0 saturated carbocycles. The van der Waals surface area contributed by atoms with Gasteiger partial charge in [0.05, 0.1) is 5.75 Å². The number of carbonyl (C=O) groups excluding carboxylic acids is 1. The van der Waals surface area contributed by atoms with Crippen molar-refractivity contribution in [1.82, 2.24) is 10.2 Å². The molecule has 0 unspecified atom stereocenters. The number of ether oxygens (including phenoxy) is 1. The van der Waals surface area contributed by atoms with E-state index < -0.39 is 27.7 Å². The summed E-state index contributed by atoms with van der Waals surface area (Å²) in [4.78, 5) is 12.1. The van der Waals surface area contributed by atoms with E-state index in [1.807, 2.05) is 6.92 Å². The summed E-state index contributed by atoms with van der Waals surface area (Å²) in [5.74, 6) is -0.590. The molecule has 1 atom stereocenters. The molecule has 0 aliphatic rings. The number of sulfone groups is 1. The van der Waals surface area contributed by atoms with Gasteiger partial charge in [0.15, 0.2) is 6.10 Å². The molecule has 1 aromatic heterocycles. The summed E-state index contributed by atoms with van der Waals surface area (Å²) >= 11 is 0.797. The van der Waals surface area contributed by atoms with Crippen LogP contribution in [0, 0.1) is 5.82 Å². The topological polar surface area (TPSA) is 98.3 Å². The number of nitrogens with zero attached hydrogens (tertiary/aromatic N) is 2. The van der Waals surface area contributed by atoms with Crippen LogP contribution in [-0.2, 0) is 14.6 Å². The fourth-order valence-corrected chi connectivity index (χ4v) is 4.27. The predicted molar refractivity (Wildman–Crippen MR) is 92.0 cm³/mol. The molecule has 0 radical (unpaired) electrons. The van der Waals surface area contributed by atoms with Crippen molar-refractivity contribution in [2.75, 3.05) is 11.1 Å². The Balaban J connectivity index is 1.97. The number of carbonyl (C=O) groups is 1. The SMILES string of the molecule is CCCCS(=O)(=O)c1nnc(NC(=O)[C@@H](C)Oc2ccc(F)cc2)s1. The average molecular weight is 387 g/mol. The van der Waals surface area contributed by atoms with Crippen LogP contribution in [0.1, 0.15) is 26.7 Å². The molecule has 0 spiro atoms. The van der Waals surface area contributed by atoms with Crippen molar-refractivity contribution in [3.8, 4) is 5.75 Å². The minimum atomic E-state index is -3.48. The zero-order valence-corrected chi connectivity index (χ0v) is 15.4. The van der Waals surface area contributed by atoms with Crippen molar-refractivity contribution in [2.24, 2.45) is 0 Å². The highest BCUT2D eigenvalue weighted by Crippen LogP contribution is 2.22. The number of nitrogens with one attached hydrogen (secondary N) is 1. The lowest BCUT2D eigenvalue weighted by Crippen LogP contribution is -2.30. The number of hydrogen-bond acceptors (Lipinski definition) is 7. The lowest BCUT2D eigenvalue weighted by molar-refractivity contribution is -0.122. The van der Waals surface area contributed by atoms with Gasteiger partial charge in [0.1, 0.15) is 11.6 Å². The highest BCUT2D eigenvalue weighted by atomic mass is 32.2. The van der Waals surface area contributed by atoms with Crippen LogP contribution in [0.3, 0.4) is 0 Å². The number of amides is 1. The van der Waals surface area contributed by atoms with Gasteiger partial charge in [-0.25, -0.2) is 12.8 Å². The molecule has 0 fully saturated rings. The molecule has 2 rings (SSSR count). The molecular formula is C15H18FN3O4S2. The highest BCUT2D eigenvalue weighted by molar-refractivity contribution is 7.93. The average Bonchev–Trinajstić information content (AvgIpc) is 3.04. The fraction of sp³-hybridized carbons (Fsp3) is 0.400. The van der Waals surface area contributed by atoms with E-state index in [9.17, 15) is 17.6 Å². The number of halogens is 1. The molecule has 0 aliphatic carbocycles. The molecule has 0 saturated heterocycles. The Morgan fingerprint density at radius 3 is 2.64 bits per heavy atom. The maximum atomic E-state index is 12.8. The molecule has 1 aromatic carbocycles. The van der Waals surface area contributed by atoms with Crippen molar-refractivity contribution in [1.29, 1.82) is 0 Å². The monoisotopic (exact) mass is 387 g/mol. The van der Waals surface area contributed by atoms with E-state index in [0.29, 0.717) is 12.2 Å². The third kappa shape index (κ3) is 5.46. The quantitative estimate of drug-likeness (QED) is 0.699. The van der Waals surface area contributed by atoms with Gasteiger partial charge in [-0.1, -0.05) is 24.7 Å². The second-order valence-electron chi connectivity index (χ2n) is 5.25. The van der Waals surface area contributed by atoms with E-state index in [0.717, 1.165) is 17.8 Å². The van der Waals surface area contributed by atoms with Crippen LogP contribution in [0.5, 0.6) is 5.75 Å². The van der Waals surface area contributed by atoms with Gasteiger partial charge in [0.2, 0.25) is 19.3 Å². The molecule has 25 heavy (non-hydrogen) atoms. The smallest absolute Gasteiger partial charge is 0.266 e. The predicted octanol–water partition coefficient (Wildman–Crippen LogP) is 2.66. The van der Waals surface area contributed by atoms with Gasteiger partial charge >= 0.3 is 0 Å². The Bertz CT molecular complexity index is 822. The van der Waals surface area contributed by atoms with Gasteiger partial charge < -0.3 is 4.74 Å². The molecule has 0 bridgehead atoms. The molecule has 1 N–H and O–H groups in total. The Kier molecular flexibility index (Phi) is 6.43. The normalized spacial score (nSPS) is 12.6. The Labute approximate surface area is 149 Å². The van der Waals surface area contributed by atoms with E-state index in [4.69, 9.17) is 4.74 Å². The largest absolute Gasteiger partial charge is 0.481 e. The van der Waals surface area contributed by atoms with Crippen LogP contribution in [-0.4, -0.2) is 36.4 Å². The fourth-order valence-electron chi connectivity index (χ4n) is 1.79. The number of aromatic nitrogens is 2. The standard InChI is InChI=1S/C15H18FN3O4S2/c1-3-4-9-25(21,22)15-19-18-14(24-15)17-13(20)10(2)23-12-7-5-11(16)6-8-12/h5-8,10H,3-4,9H2,1-2H3,(H,17,18,20)/t10-/m1/s1. The zero-order valence-electron chi connectivity index (χ0n) is 13.7. The van der Waals surface area contributed by atoms with E-state index in [2.05, 4.69) is 15.5 Å². The minimum absolute atomic E-state index is 0.00381. The number of unbranched alkanes of at least 4 members (excludes halogenated alkanes) is 1. The third-order valence-electron chi connectivity index (χ3n) is 3.16. The molecule has 10 heteroatoms. The van der Waals surface area contributed by atoms with E-state index >= 15 is 0 Å². The van der Waals surface area contributed by atoms with Crippen LogP contribution < -0.4 is 10.1 Å². The summed E-state index contributed by atoms with van der Waals surface area (Å²) in [6.07, 6.45) is 0.404. The molecule has 136 valence electrons. The molecular weight excluding hydrogens is 369 g/mol. The van der Waals surface area contributed by atoms with Crippen LogP contribution in [0.25, 0.3) is 0 Å². The van der Waals surface area contributed by atoms with Crippen molar-refractivity contribution >= 4 is 32.2 Å². The highest BCUT2D eigenvalue weighted by Gasteiger charge is 2.22. The van der Waals surface area contributed by atoms with Crippen LogP contribution in [0.4, 0.5) is 9.52 Å². The van der Waals surface area contributed by atoms with Gasteiger partial charge in [-0.05, 0) is 37.6 Å². The number of anilines is 1. The summed E-state index contributed by atoms with van der Waals surface area (Å²) in [7, 11) is -3.48. The Morgan fingerprint density at radius 2 is 2.00 bits per heavy atom. The summed E-state index contributed by atoms with van der Waals surface area (Å²) in [5, 5.41) is 9.86. The van der Waals surface area contributed by atoms with E-state index in [-0.39, 0.29) is 15.2 Å². The molecule has 1 heterocycles. The first-order valence-electron chi connectivity index (χ1n) is 7.61. The summed E-state index contributed by atoms with van der Waals surface area (Å²) in [6.45, 7) is 3.41. The van der Waals surface area contributed by atoms with Crippen LogP contribution in [0.15, 0.2) is 28.6 Å². The van der Waals surface area contributed by atoms with Gasteiger partial charge in [-0.3, -0.25) is 10.1 Å². The number of benzene rings is 1. The first-order chi connectivity index (χ1) is 11.8. The number of rotatable bonds is 8. The Hall–Kier alpha value is -2.07. The van der Waals surface area contributed by atoms with Crippen LogP contribution >= 0.6 is 11.3 Å². The summed E-state index contributed by atoms with van der Waals surface area (Å²) in [5.41, 5.74) is 0. The molecule has 2 aromatic rings. The summed E-state index contributed by atoms with van der Waals surface area (Å²) < 4.78 is 42.2. The maximum absolute atomic E-state index is 12.8. The van der Waals surface area contributed by atoms with Crippen LogP contribution in [0.2, 0.25) is 0 Å². The van der Waals surface area contributed by atoms with Gasteiger partial charge in [-0.2, -0.15) is 0 Å². The molecule has 0 aliphatic heterocycles. The van der Waals surface area contributed by atoms with Crippen molar-refractivity contribution in [2.45, 2.75) is 37.1 Å². The third-order valence-corrected chi connectivity index (χ3v) is 6.25. The van der Waals surface area contributed by atoms with Gasteiger partial charge in [0, 0.05) is 0 Å². The molecule has 1 amide bonds. The van der Waals surface area contributed by atoms with Gasteiger partial charge in [-0.15, -0.1) is 10.2 Å². The second kappa shape index (κ2) is 8.34. The van der Waals surface area contributed by atoms with E-state index in [1.54, 1.807) is 0 Å².